The highest BCUT2D eigenvalue weighted by molar-refractivity contribution is 6.10. The molecule has 8 aromatic carbocycles. The van der Waals surface area contributed by atoms with Crippen molar-refractivity contribution in [1.82, 2.24) is 4.57 Å². The predicted octanol–water partition coefficient (Wildman–Crippen LogP) is 14.5. The number of aromatic nitrogens is 1. The number of hydrogen-bond acceptors (Lipinski definition) is 1. The minimum absolute atomic E-state index is 0.114. The smallest absolute Gasteiger partial charge is 0.0543 e. The molecule has 0 radical (unpaired) electrons. The fourth-order valence-corrected chi connectivity index (χ4v) is 10.1. The lowest BCUT2D eigenvalue weighted by Crippen LogP contribution is -2.17. The molecule has 2 heteroatoms. The van der Waals surface area contributed by atoms with Crippen molar-refractivity contribution in [2.75, 3.05) is 4.90 Å². The van der Waals surface area contributed by atoms with E-state index in [2.05, 4.69) is 219 Å². The fraction of sp³-hybridized carbons (Fsp3) is 0.111. The van der Waals surface area contributed by atoms with Gasteiger partial charge in [0.2, 0.25) is 0 Å². The van der Waals surface area contributed by atoms with Crippen molar-refractivity contribution >= 4 is 38.9 Å². The third kappa shape index (κ3) is 4.56. The van der Waals surface area contributed by atoms with Gasteiger partial charge in [0.25, 0.3) is 0 Å². The Morgan fingerprint density at radius 3 is 1.57 bits per heavy atom. The molecule has 0 spiro atoms. The van der Waals surface area contributed by atoms with E-state index in [0.29, 0.717) is 0 Å². The van der Waals surface area contributed by atoms with Crippen LogP contribution < -0.4 is 4.90 Å². The lowest BCUT2D eigenvalue weighted by molar-refractivity contribution is 0.660. The summed E-state index contributed by atoms with van der Waals surface area (Å²) in [5, 5.41) is 2.51. The largest absolute Gasteiger partial charge is 0.309 e. The lowest BCUT2D eigenvalue weighted by atomic mass is 9.82. The van der Waals surface area contributed by atoms with Crippen LogP contribution in [0, 0.1) is 0 Å². The van der Waals surface area contributed by atoms with Crippen molar-refractivity contribution in [1.29, 1.82) is 0 Å². The summed E-state index contributed by atoms with van der Waals surface area (Å²) < 4.78 is 2.39. The van der Waals surface area contributed by atoms with Gasteiger partial charge in [-0.15, -0.1) is 0 Å². The van der Waals surface area contributed by atoms with E-state index in [9.17, 15) is 0 Å². The zero-order valence-corrected chi connectivity index (χ0v) is 32.2. The Morgan fingerprint density at radius 2 is 0.911 bits per heavy atom. The molecule has 0 bridgehead atoms. The molecule has 268 valence electrons. The zero-order valence-electron chi connectivity index (χ0n) is 32.2. The predicted molar refractivity (Wildman–Crippen MR) is 236 cm³/mol. The van der Waals surface area contributed by atoms with Crippen LogP contribution in [0.5, 0.6) is 0 Å². The molecular weight excluding hydrogens is 677 g/mol. The molecule has 11 rings (SSSR count). The first kappa shape index (κ1) is 32.8. The van der Waals surface area contributed by atoms with E-state index in [-0.39, 0.29) is 10.8 Å². The molecule has 0 fully saturated rings. The summed E-state index contributed by atoms with van der Waals surface area (Å²) in [4.78, 5) is 2.55. The first-order chi connectivity index (χ1) is 27.3. The molecule has 1 heterocycles. The van der Waals surface area contributed by atoms with E-state index < -0.39 is 0 Å². The van der Waals surface area contributed by atoms with Crippen molar-refractivity contribution in [2.45, 2.75) is 38.5 Å². The van der Waals surface area contributed by atoms with Crippen molar-refractivity contribution in [3.63, 3.8) is 0 Å². The molecule has 9 aromatic rings. The second-order valence-corrected chi connectivity index (χ2v) is 16.5. The minimum atomic E-state index is -0.114. The van der Waals surface area contributed by atoms with Crippen molar-refractivity contribution in [2.24, 2.45) is 0 Å². The number of anilines is 3. The molecule has 1 aromatic heterocycles. The zero-order chi connectivity index (χ0) is 37.8. The maximum atomic E-state index is 2.55. The van der Waals surface area contributed by atoms with Crippen LogP contribution in [0.3, 0.4) is 0 Å². The van der Waals surface area contributed by atoms with E-state index in [1.807, 2.05) is 0 Å². The summed E-state index contributed by atoms with van der Waals surface area (Å²) in [5.41, 5.74) is 20.1. The van der Waals surface area contributed by atoms with Gasteiger partial charge in [0.15, 0.2) is 0 Å². The number of hydrogen-bond donors (Lipinski definition) is 0. The van der Waals surface area contributed by atoms with Gasteiger partial charge >= 0.3 is 0 Å². The second kappa shape index (κ2) is 11.9. The van der Waals surface area contributed by atoms with Crippen LogP contribution in [0.25, 0.3) is 60.9 Å². The molecule has 0 N–H and O–H groups in total. The topological polar surface area (TPSA) is 8.17 Å². The average molecular weight is 719 g/mol. The molecule has 2 aliphatic rings. The summed E-state index contributed by atoms with van der Waals surface area (Å²) in [6.45, 7) is 9.49. The highest BCUT2D eigenvalue weighted by Gasteiger charge is 2.40. The van der Waals surface area contributed by atoms with Crippen LogP contribution in [0.2, 0.25) is 0 Å². The van der Waals surface area contributed by atoms with E-state index in [1.54, 1.807) is 0 Å². The number of para-hydroxylation sites is 2. The van der Waals surface area contributed by atoms with E-state index in [0.717, 1.165) is 5.69 Å². The van der Waals surface area contributed by atoms with Gasteiger partial charge in [-0.25, -0.2) is 0 Å². The number of benzene rings is 8. The molecule has 0 atom stereocenters. The maximum Gasteiger partial charge on any atom is 0.0543 e. The lowest BCUT2D eigenvalue weighted by Gasteiger charge is -2.31. The van der Waals surface area contributed by atoms with Crippen LogP contribution in [0.15, 0.2) is 182 Å². The highest BCUT2D eigenvalue weighted by atomic mass is 15.1. The molecule has 0 saturated heterocycles. The normalized spacial score (nSPS) is 14.4. The molecule has 2 nitrogen and oxygen atoms in total. The summed E-state index contributed by atoms with van der Waals surface area (Å²) in [6.07, 6.45) is 0. The molecule has 0 aliphatic heterocycles. The third-order valence-electron chi connectivity index (χ3n) is 12.8. The Balaban J connectivity index is 1.15. The van der Waals surface area contributed by atoms with Crippen LogP contribution in [-0.4, -0.2) is 4.57 Å². The molecule has 0 saturated carbocycles. The van der Waals surface area contributed by atoms with Gasteiger partial charge in [-0.1, -0.05) is 155 Å². The van der Waals surface area contributed by atoms with Crippen molar-refractivity contribution in [3.05, 3.63) is 204 Å². The number of nitrogens with zero attached hydrogens (tertiary/aromatic N) is 2. The molecule has 2 aliphatic carbocycles. The van der Waals surface area contributed by atoms with Crippen molar-refractivity contribution < 1.29 is 0 Å². The monoisotopic (exact) mass is 718 g/mol. The van der Waals surface area contributed by atoms with Gasteiger partial charge in [-0.05, 0) is 99.1 Å². The second-order valence-electron chi connectivity index (χ2n) is 16.5. The molecule has 56 heavy (non-hydrogen) atoms. The molecule has 0 unspecified atom stereocenters. The van der Waals surface area contributed by atoms with Gasteiger partial charge in [0.1, 0.15) is 0 Å². The first-order valence-corrected chi connectivity index (χ1v) is 19.8. The Labute approximate surface area is 328 Å². The Bertz CT molecular complexity index is 2930. The Morgan fingerprint density at radius 1 is 0.393 bits per heavy atom. The van der Waals surface area contributed by atoms with E-state index >= 15 is 0 Å². The minimum Gasteiger partial charge on any atom is -0.309 e. The van der Waals surface area contributed by atoms with Crippen molar-refractivity contribution in [3.8, 4) is 39.1 Å². The van der Waals surface area contributed by atoms with Crippen LogP contribution in [0.1, 0.15) is 49.9 Å². The Kier molecular flexibility index (Phi) is 6.98. The quantitative estimate of drug-likeness (QED) is 0.172. The van der Waals surface area contributed by atoms with Gasteiger partial charge < -0.3 is 9.47 Å². The summed E-state index contributed by atoms with van der Waals surface area (Å²) >= 11 is 0. The van der Waals surface area contributed by atoms with E-state index in [4.69, 9.17) is 0 Å². The molecular formula is C54H42N2. The van der Waals surface area contributed by atoms with Gasteiger partial charge in [-0.3, -0.25) is 0 Å². The van der Waals surface area contributed by atoms with Gasteiger partial charge in [0.05, 0.1) is 22.4 Å². The van der Waals surface area contributed by atoms with Gasteiger partial charge in [0, 0.05) is 44.1 Å². The van der Waals surface area contributed by atoms with E-state index in [1.165, 1.54) is 94.5 Å². The van der Waals surface area contributed by atoms with Crippen LogP contribution in [-0.2, 0) is 10.8 Å². The standard InChI is InChI=1S/C54H42N2/c1-53(2)43-24-11-8-22-40(43)51-45(53)26-15-29-49(51)56(50-30-16-27-46-52(50)41-23-9-12-25-44(41)54(46,3)4)38-20-14-17-35(33-38)36-31-32-48-42(34-36)39-21-10-13-28-47(39)55(48)37-18-6-5-7-19-37/h5-34H,1-4H3. The summed E-state index contributed by atoms with van der Waals surface area (Å²) in [7, 11) is 0. The summed E-state index contributed by atoms with van der Waals surface area (Å²) in [6, 6.07) is 67.5. The SMILES string of the molecule is CC1(C)c2ccccc2-c2c(N(c3cccc(-c4ccc5c(c4)c4ccccc4n5-c4ccccc4)c3)c3cccc4c3-c3ccccc3C4(C)C)cccc21. The summed E-state index contributed by atoms with van der Waals surface area (Å²) in [5.74, 6) is 0. The maximum absolute atomic E-state index is 2.55. The average Bonchev–Trinajstić information content (AvgIpc) is 3.79. The fourth-order valence-electron chi connectivity index (χ4n) is 10.1. The van der Waals surface area contributed by atoms with Gasteiger partial charge in [-0.2, -0.15) is 0 Å². The Hall–Kier alpha value is -6.64. The number of fused-ring (bicyclic) bond motifs is 9. The number of rotatable bonds is 5. The van der Waals surface area contributed by atoms with Crippen LogP contribution in [0.4, 0.5) is 17.1 Å². The highest BCUT2D eigenvalue weighted by Crippen LogP contribution is 2.58. The molecule has 0 amide bonds. The van der Waals surface area contributed by atoms with Crippen LogP contribution >= 0.6 is 0 Å². The third-order valence-corrected chi connectivity index (χ3v) is 12.8. The first-order valence-electron chi connectivity index (χ1n) is 19.8.